The minimum atomic E-state index is -0.488. The number of hydrogen-bond acceptors (Lipinski definition) is 17. The third kappa shape index (κ3) is 33.8. The minimum absolute atomic E-state index is 0.408. The summed E-state index contributed by atoms with van der Waals surface area (Å²) in [5.41, 5.74) is 31.7. The van der Waals surface area contributed by atoms with Gasteiger partial charge in [-0.15, -0.1) is 15.3 Å². The molecule has 3 heterocycles. The van der Waals surface area contributed by atoms with Gasteiger partial charge in [0.1, 0.15) is 11.2 Å². The number of nitrogens with one attached hydrogen (secondary N) is 3. The lowest BCUT2D eigenvalue weighted by atomic mass is 10.2. The van der Waals surface area contributed by atoms with Crippen molar-refractivity contribution in [2.24, 2.45) is 21.1 Å². The largest absolute Gasteiger partial charge is 0.444 e. The van der Waals surface area contributed by atoms with E-state index in [-0.39, 0.29) is 0 Å². The lowest BCUT2D eigenvalue weighted by molar-refractivity contribution is 0.0515. The average Bonchev–Trinajstić information content (AvgIpc) is 4.03. The Hall–Kier alpha value is -6.27. The molecule has 0 fully saturated rings. The summed E-state index contributed by atoms with van der Waals surface area (Å²) >= 11 is 0. The van der Waals surface area contributed by atoms with Gasteiger partial charge in [0.15, 0.2) is 0 Å². The van der Waals surface area contributed by atoms with Crippen LogP contribution in [0.5, 0.6) is 0 Å². The molecule has 2 amide bonds. The predicted octanol–water partition coefficient (Wildman–Crippen LogP) is 5.07. The van der Waals surface area contributed by atoms with Crippen LogP contribution in [0.2, 0.25) is 0 Å². The van der Waals surface area contributed by atoms with E-state index in [9.17, 15) is 9.59 Å². The van der Waals surface area contributed by atoms with Crippen molar-refractivity contribution in [2.75, 3.05) is 73.0 Å². The van der Waals surface area contributed by atoms with E-state index < -0.39 is 23.4 Å². The molecule has 0 aliphatic heterocycles. The fourth-order valence-corrected chi connectivity index (χ4v) is 5.47. The van der Waals surface area contributed by atoms with Gasteiger partial charge in [0.05, 0.1) is 17.1 Å². The molecule has 3 rings (SSSR count). The summed E-state index contributed by atoms with van der Waals surface area (Å²) in [5.74, 6) is 0. The molecule has 0 unspecified atom stereocenters. The monoisotopic (exact) mass is 943 g/mol. The summed E-state index contributed by atoms with van der Waals surface area (Å²) in [6.07, 6.45) is 9.73. The van der Waals surface area contributed by atoms with Gasteiger partial charge >= 0.3 is 12.2 Å². The van der Waals surface area contributed by atoms with Crippen molar-refractivity contribution in [1.29, 1.82) is 0 Å². The molecule has 0 spiro atoms. The molecule has 0 aromatic carbocycles. The summed E-state index contributed by atoms with van der Waals surface area (Å²) in [5, 5.41) is 43.6. The van der Waals surface area contributed by atoms with E-state index in [2.05, 4.69) is 86.8 Å². The molecular weight excluding hydrogens is 869 g/mol. The number of alkyl carbamates (subject to hydrolysis) is 2. The maximum absolute atomic E-state index is 11.5. The van der Waals surface area contributed by atoms with Crippen LogP contribution in [0.25, 0.3) is 31.3 Å². The second-order valence-corrected chi connectivity index (χ2v) is 17.2. The van der Waals surface area contributed by atoms with Gasteiger partial charge < -0.3 is 41.0 Å². The van der Waals surface area contributed by atoms with Crippen LogP contribution in [0.3, 0.4) is 0 Å². The van der Waals surface area contributed by atoms with Gasteiger partial charge in [0.25, 0.3) is 0 Å². The van der Waals surface area contributed by atoms with Crippen LogP contribution in [0.1, 0.15) is 97.1 Å². The fourth-order valence-electron chi connectivity index (χ4n) is 5.47. The van der Waals surface area contributed by atoms with Crippen molar-refractivity contribution >= 4 is 12.2 Å². The number of carbonyl (C=O) groups excluding carboxylic acids is 2. The Morgan fingerprint density at radius 3 is 1.42 bits per heavy atom. The summed E-state index contributed by atoms with van der Waals surface area (Å²) in [7, 11) is 3.99. The highest BCUT2D eigenvalue weighted by molar-refractivity contribution is 5.67. The second-order valence-electron chi connectivity index (χ2n) is 17.2. The summed E-state index contributed by atoms with van der Waals surface area (Å²) in [4.78, 5) is 35.4. The van der Waals surface area contributed by atoms with Gasteiger partial charge in [-0.3, -0.25) is 14.0 Å². The highest BCUT2D eigenvalue weighted by atomic mass is 16.6. The molecule has 374 valence electrons. The first kappa shape index (κ1) is 58.7. The second kappa shape index (κ2) is 35.0. The van der Waals surface area contributed by atoms with Crippen LogP contribution in [-0.4, -0.2) is 151 Å². The van der Waals surface area contributed by atoms with E-state index in [1.54, 1.807) is 9.36 Å². The number of nitrogens with two attached hydrogens (primary N) is 1. The van der Waals surface area contributed by atoms with E-state index in [0.717, 1.165) is 88.3 Å². The maximum atomic E-state index is 11.5. The Morgan fingerprint density at radius 2 is 1.01 bits per heavy atom. The van der Waals surface area contributed by atoms with Crippen molar-refractivity contribution in [2.45, 2.75) is 131 Å². The molecule has 3 aromatic rings. The van der Waals surface area contributed by atoms with E-state index >= 15 is 0 Å². The number of carbonyl (C=O) groups is 2. The normalized spacial score (nSPS) is 11.0. The van der Waals surface area contributed by atoms with Crippen LogP contribution in [0, 0.1) is 0 Å². The number of rotatable bonds is 29. The van der Waals surface area contributed by atoms with Gasteiger partial charge in [-0.1, -0.05) is 31.0 Å². The number of amides is 2. The Bertz CT molecular complexity index is 1930. The van der Waals surface area contributed by atoms with Crippen molar-refractivity contribution in [3.63, 3.8) is 0 Å². The molecule has 3 aromatic heterocycles. The zero-order chi connectivity index (χ0) is 49.8. The van der Waals surface area contributed by atoms with E-state index in [1.807, 2.05) is 78.9 Å². The number of azide groups is 3. The lowest BCUT2D eigenvalue weighted by Crippen LogP contribution is -2.33. The minimum Gasteiger partial charge on any atom is -0.444 e. The SMILES string of the molecule is CC(C)(C)OC(=O)NCCCn1cc(CNCCCN=[N+]=[N-])nn1.CN(CCCN=[N+]=[N-])Cc1cn(CCCN)nn1.CN(CCCN=[N+]=[N-])Cc1cn(CCCNC(=O)OC(C)(C)C)nn1. The molecule has 28 nitrogen and oxygen atoms in total. The first-order chi connectivity index (χ1) is 32.0. The molecule has 0 radical (unpaired) electrons. The molecule has 28 heteroatoms. The maximum Gasteiger partial charge on any atom is 0.407 e. The molecular formula is C39H74N24O4. The molecule has 0 aliphatic carbocycles. The summed E-state index contributed by atoms with van der Waals surface area (Å²) in [6, 6.07) is 0. The Balaban J connectivity index is 0.000000509. The van der Waals surface area contributed by atoms with Gasteiger partial charge in [0.2, 0.25) is 0 Å². The molecule has 0 atom stereocenters. The number of nitrogens with zero attached hydrogens (tertiary/aromatic N) is 20. The Labute approximate surface area is 392 Å². The predicted molar refractivity (Wildman–Crippen MR) is 252 cm³/mol. The smallest absolute Gasteiger partial charge is 0.407 e. The molecule has 0 saturated heterocycles. The first-order valence-corrected chi connectivity index (χ1v) is 22.4. The van der Waals surface area contributed by atoms with Crippen molar-refractivity contribution in [1.82, 2.24) is 70.7 Å². The van der Waals surface area contributed by atoms with Crippen LogP contribution < -0.4 is 21.7 Å². The van der Waals surface area contributed by atoms with Crippen molar-refractivity contribution in [3.8, 4) is 0 Å². The standard InChI is InChI=1S/C15H28N8O2.C14H26N8O2.C10H20N8/c1-15(2,3)25-14(24)17-7-5-10-23-12-13(19-21-23)11-22(4)9-6-8-18-20-16;1-14(2,3)24-13(23)17-7-5-9-22-11-12(19-21-22)10-16-6-4-8-18-20-15;1-17(6-3-5-13-15-12)8-10-9-18(16-14-10)7-2-4-11/h12H,5-11H2,1-4H3,(H,17,24);11,16H,4-10H2,1-3H3,(H,17,23);9H,2-8,11H2,1H3. The lowest BCUT2D eigenvalue weighted by Gasteiger charge is -2.19. The molecule has 0 saturated carbocycles. The number of aryl methyl sites for hydroxylation is 3. The molecule has 67 heavy (non-hydrogen) atoms. The van der Waals surface area contributed by atoms with Crippen molar-refractivity contribution in [3.05, 3.63) is 67.0 Å². The first-order valence-electron chi connectivity index (χ1n) is 22.4. The van der Waals surface area contributed by atoms with Crippen LogP contribution >= 0.6 is 0 Å². The number of aromatic nitrogens is 9. The quantitative estimate of drug-likeness (QED) is 0.0306. The number of ether oxygens (including phenoxy) is 2. The third-order valence-electron chi connectivity index (χ3n) is 8.38. The van der Waals surface area contributed by atoms with Gasteiger partial charge in [0, 0.05) is 105 Å². The summed E-state index contributed by atoms with van der Waals surface area (Å²) in [6.45, 7) is 20.8. The number of hydrogen-bond donors (Lipinski definition) is 4. The van der Waals surface area contributed by atoms with Crippen LogP contribution in [-0.2, 0) is 48.7 Å². The Morgan fingerprint density at radius 1 is 0.627 bits per heavy atom. The van der Waals surface area contributed by atoms with Gasteiger partial charge in [-0.2, -0.15) is 0 Å². The van der Waals surface area contributed by atoms with Gasteiger partial charge in [-0.05, 0) is 137 Å². The third-order valence-corrected chi connectivity index (χ3v) is 8.38. The Kier molecular flexibility index (Phi) is 30.7. The highest BCUT2D eigenvalue weighted by Gasteiger charge is 2.16. The molecule has 0 aliphatic rings. The van der Waals surface area contributed by atoms with Gasteiger partial charge in [-0.25, -0.2) is 9.59 Å². The van der Waals surface area contributed by atoms with E-state index in [1.165, 1.54) is 0 Å². The zero-order valence-electron chi connectivity index (χ0n) is 40.7. The molecule has 0 bridgehead atoms. The van der Waals surface area contributed by atoms with E-state index in [0.29, 0.717) is 65.4 Å². The summed E-state index contributed by atoms with van der Waals surface area (Å²) < 4.78 is 15.6. The van der Waals surface area contributed by atoms with Crippen molar-refractivity contribution < 1.29 is 19.1 Å². The topological polar surface area (TPSA) is 360 Å². The van der Waals surface area contributed by atoms with Crippen LogP contribution in [0.4, 0.5) is 9.59 Å². The molecule has 5 N–H and O–H groups in total. The van der Waals surface area contributed by atoms with E-state index in [4.69, 9.17) is 31.8 Å². The zero-order valence-corrected chi connectivity index (χ0v) is 40.7. The fraction of sp³-hybridized carbons (Fsp3) is 0.795. The van der Waals surface area contributed by atoms with Crippen LogP contribution in [0.15, 0.2) is 33.9 Å². The highest BCUT2D eigenvalue weighted by Crippen LogP contribution is 2.08. The average molecular weight is 943 g/mol.